The molecule has 1 saturated carbocycles. The maximum absolute atomic E-state index is 11.2. The van der Waals surface area contributed by atoms with Crippen LogP contribution in [0.3, 0.4) is 0 Å². The Labute approximate surface area is 110 Å². The minimum Gasteiger partial charge on any atom is -0.388 e. The Morgan fingerprint density at radius 2 is 1.67 bits per heavy atom. The molecule has 3 nitrogen and oxygen atoms in total. The molecule has 0 aromatic rings. The lowest BCUT2D eigenvalue weighted by Gasteiger charge is -2.50. The fourth-order valence-corrected chi connectivity index (χ4v) is 4.45. The molecular formula is C15H24N2O. The summed E-state index contributed by atoms with van der Waals surface area (Å²) >= 11 is 0. The normalized spacial score (nSPS) is 51.9. The van der Waals surface area contributed by atoms with Gasteiger partial charge < -0.3 is 10.4 Å². The minimum atomic E-state index is -0.737. The van der Waals surface area contributed by atoms with E-state index in [4.69, 9.17) is 0 Å². The summed E-state index contributed by atoms with van der Waals surface area (Å²) < 4.78 is 0. The van der Waals surface area contributed by atoms with Crippen molar-refractivity contribution in [3.63, 3.8) is 0 Å². The Hall–Kier alpha value is -0.590. The van der Waals surface area contributed by atoms with E-state index in [-0.39, 0.29) is 0 Å². The average Bonchev–Trinajstić information content (AvgIpc) is 2.70. The molecule has 2 unspecified atom stereocenters. The average molecular weight is 248 g/mol. The Balaban J connectivity index is 1.85. The van der Waals surface area contributed by atoms with Crippen LogP contribution in [0, 0.1) is 22.7 Å². The molecule has 1 aliphatic carbocycles. The third kappa shape index (κ3) is 1.78. The standard InChI is InChI=1S/C15H24N2O/c1-11-4-6-14(10-16,7-5-11)15(18)8-12-2-3-13(9-15)17-12/h11-13,17-18H,2-9H2,1H3. The molecule has 18 heavy (non-hydrogen) atoms. The zero-order chi connectivity index (χ0) is 12.8. The third-order valence-corrected chi connectivity index (χ3v) is 5.74. The van der Waals surface area contributed by atoms with Crippen LogP contribution in [-0.2, 0) is 0 Å². The lowest BCUT2D eigenvalue weighted by atomic mass is 9.58. The molecule has 2 bridgehead atoms. The number of nitrogens with zero attached hydrogens (tertiary/aromatic N) is 1. The van der Waals surface area contributed by atoms with Crippen LogP contribution in [0.5, 0.6) is 0 Å². The second-order valence-corrected chi connectivity index (χ2v) is 6.95. The first-order chi connectivity index (χ1) is 8.57. The van der Waals surface area contributed by atoms with Crippen LogP contribution < -0.4 is 5.32 Å². The van der Waals surface area contributed by atoms with Gasteiger partial charge in [-0.25, -0.2) is 0 Å². The molecule has 0 radical (unpaired) electrons. The number of aliphatic hydroxyl groups is 1. The van der Waals surface area contributed by atoms with Gasteiger partial charge in [0.25, 0.3) is 0 Å². The SMILES string of the molecule is CC1CCC(C#N)(C2(O)CC3CCC(C2)N3)CC1. The highest BCUT2D eigenvalue weighted by Crippen LogP contribution is 2.52. The number of rotatable bonds is 1. The van der Waals surface area contributed by atoms with E-state index in [1.165, 1.54) is 12.8 Å². The fraction of sp³-hybridized carbons (Fsp3) is 0.933. The Morgan fingerprint density at radius 1 is 1.11 bits per heavy atom. The zero-order valence-corrected chi connectivity index (χ0v) is 11.3. The maximum atomic E-state index is 11.2. The van der Waals surface area contributed by atoms with Crippen molar-refractivity contribution in [3.05, 3.63) is 0 Å². The molecule has 3 rings (SSSR count). The van der Waals surface area contributed by atoms with Gasteiger partial charge in [0.2, 0.25) is 0 Å². The van der Waals surface area contributed by atoms with Crippen molar-refractivity contribution in [2.45, 2.75) is 76.0 Å². The van der Waals surface area contributed by atoms with E-state index in [0.29, 0.717) is 18.0 Å². The molecule has 0 amide bonds. The van der Waals surface area contributed by atoms with Gasteiger partial charge in [-0.3, -0.25) is 0 Å². The van der Waals surface area contributed by atoms with Gasteiger partial charge in [0.15, 0.2) is 0 Å². The Morgan fingerprint density at radius 3 is 2.17 bits per heavy atom. The molecule has 2 N–H and O–H groups in total. The van der Waals surface area contributed by atoms with Crippen molar-refractivity contribution >= 4 is 0 Å². The molecule has 0 spiro atoms. The molecule has 100 valence electrons. The number of hydrogen-bond acceptors (Lipinski definition) is 3. The largest absolute Gasteiger partial charge is 0.388 e. The summed E-state index contributed by atoms with van der Waals surface area (Å²) in [6.45, 7) is 2.26. The van der Waals surface area contributed by atoms with Crippen molar-refractivity contribution in [2.75, 3.05) is 0 Å². The fourth-order valence-electron chi connectivity index (χ4n) is 4.45. The van der Waals surface area contributed by atoms with Gasteiger partial charge in [-0.2, -0.15) is 5.26 Å². The molecule has 2 saturated heterocycles. The van der Waals surface area contributed by atoms with E-state index < -0.39 is 11.0 Å². The lowest BCUT2D eigenvalue weighted by Crippen LogP contribution is -2.58. The minimum absolute atomic E-state index is 0.443. The molecular weight excluding hydrogens is 224 g/mol. The Kier molecular flexibility index (Phi) is 2.91. The summed E-state index contributed by atoms with van der Waals surface area (Å²) in [6.07, 6.45) is 7.88. The van der Waals surface area contributed by atoms with Gasteiger partial charge in [-0.15, -0.1) is 0 Å². The summed E-state index contributed by atoms with van der Waals surface area (Å²) in [7, 11) is 0. The molecule has 0 aromatic carbocycles. The Bertz CT molecular complexity index is 353. The van der Waals surface area contributed by atoms with Crippen LogP contribution in [0.4, 0.5) is 0 Å². The highest BCUT2D eigenvalue weighted by Gasteiger charge is 2.56. The highest BCUT2D eigenvalue weighted by atomic mass is 16.3. The number of nitriles is 1. The number of hydrogen-bond donors (Lipinski definition) is 2. The van der Waals surface area contributed by atoms with Crippen LogP contribution in [0.2, 0.25) is 0 Å². The predicted molar refractivity (Wildman–Crippen MR) is 69.8 cm³/mol. The highest BCUT2D eigenvalue weighted by molar-refractivity contribution is 5.17. The van der Waals surface area contributed by atoms with Gasteiger partial charge in [-0.05, 0) is 57.3 Å². The first-order valence-electron chi connectivity index (χ1n) is 7.47. The van der Waals surface area contributed by atoms with Crippen LogP contribution in [-0.4, -0.2) is 22.8 Å². The van der Waals surface area contributed by atoms with Crippen molar-refractivity contribution in [1.82, 2.24) is 5.32 Å². The molecule has 2 atom stereocenters. The van der Waals surface area contributed by atoms with Gasteiger partial charge >= 0.3 is 0 Å². The van der Waals surface area contributed by atoms with E-state index in [2.05, 4.69) is 18.3 Å². The van der Waals surface area contributed by atoms with Gasteiger partial charge in [0.1, 0.15) is 0 Å². The molecule has 2 heterocycles. The van der Waals surface area contributed by atoms with E-state index in [0.717, 1.165) is 38.5 Å². The van der Waals surface area contributed by atoms with E-state index in [1.54, 1.807) is 0 Å². The van der Waals surface area contributed by atoms with Crippen LogP contribution in [0.25, 0.3) is 0 Å². The molecule has 3 fully saturated rings. The first-order valence-corrected chi connectivity index (χ1v) is 7.47. The second-order valence-electron chi connectivity index (χ2n) is 6.95. The molecule has 2 aliphatic heterocycles. The predicted octanol–water partition coefficient (Wildman–Crippen LogP) is 2.35. The molecule has 0 aromatic heterocycles. The zero-order valence-electron chi connectivity index (χ0n) is 11.3. The molecule has 3 heteroatoms. The van der Waals surface area contributed by atoms with Crippen LogP contribution in [0.1, 0.15) is 58.3 Å². The van der Waals surface area contributed by atoms with Gasteiger partial charge in [0.05, 0.1) is 17.1 Å². The summed E-state index contributed by atoms with van der Waals surface area (Å²) in [6, 6.07) is 3.43. The monoisotopic (exact) mass is 248 g/mol. The summed E-state index contributed by atoms with van der Waals surface area (Å²) in [5.41, 5.74) is -1.21. The second kappa shape index (κ2) is 4.21. The maximum Gasteiger partial charge on any atom is 0.0862 e. The summed E-state index contributed by atoms with van der Waals surface area (Å²) in [5, 5.41) is 24.4. The van der Waals surface area contributed by atoms with Crippen molar-refractivity contribution < 1.29 is 5.11 Å². The van der Waals surface area contributed by atoms with E-state index in [1.807, 2.05) is 0 Å². The number of fused-ring (bicyclic) bond motifs is 2. The number of nitrogens with one attached hydrogen (secondary N) is 1. The van der Waals surface area contributed by atoms with Crippen molar-refractivity contribution in [1.29, 1.82) is 5.26 Å². The quantitative estimate of drug-likeness (QED) is 0.749. The van der Waals surface area contributed by atoms with E-state index >= 15 is 0 Å². The van der Waals surface area contributed by atoms with Crippen molar-refractivity contribution in [2.24, 2.45) is 11.3 Å². The van der Waals surface area contributed by atoms with Crippen LogP contribution >= 0.6 is 0 Å². The van der Waals surface area contributed by atoms with Gasteiger partial charge in [0, 0.05) is 12.1 Å². The topological polar surface area (TPSA) is 56.0 Å². The third-order valence-electron chi connectivity index (χ3n) is 5.74. The smallest absolute Gasteiger partial charge is 0.0862 e. The summed E-state index contributed by atoms with van der Waals surface area (Å²) in [5.74, 6) is 0.716. The van der Waals surface area contributed by atoms with Gasteiger partial charge in [-0.1, -0.05) is 6.92 Å². The van der Waals surface area contributed by atoms with Crippen LogP contribution in [0.15, 0.2) is 0 Å². The number of piperidine rings is 1. The lowest BCUT2D eigenvalue weighted by molar-refractivity contribution is -0.107. The summed E-state index contributed by atoms with van der Waals surface area (Å²) in [4.78, 5) is 0. The molecule has 3 aliphatic rings. The van der Waals surface area contributed by atoms with E-state index in [9.17, 15) is 10.4 Å². The van der Waals surface area contributed by atoms with Crippen molar-refractivity contribution in [3.8, 4) is 6.07 Å². The first kappa shape index (κ1) is 12.4.